The Morgan fingerprint density at radius 2 is 1.72 bits per heavy atom. The van der Waals surface area contributed by atoms with E-state index in [1.807, 2.05) is 60.7 Å². The van der Waals surface area contributed by atoms with Crippen molar-refractivity contribution in [3.63, 3.8) is 0 Å². The lowest BCUT2D eigenvalue weighted by Crippen LogP contribution is -2.50. The van der Waals surface area contributed by atoms with Crippen molar-refractivity contribution in [1.82, 2.24) is 25.6 Å². The predicted molar refractivity (Wildman–Crippen MR) is 108 cm³/mol. The number of aromatic nitrogens is 3. The van der Waals surface area contributed by atoms with Gasteiger partial charge in [-0.25, -0.2) is 4.68 Å². The van der Waals surface area contributed by atoms with E-state index in [1.54, 1.807) is 17.9 Å². The van der Waals surface area contributed by atoms with E-state index in [0.717, 1.165) is 24.1 Å². The number of hydrogen-bond acceptors (Lipinski definition) is 4. The summed E-state index contributed by atoms with van der Waals surface area (Å²) in [6.45, 7) is 0. The molecule has 1 heterocycles. The molecule has 29 heavy (non-hydrogen) atoms. The Balaban J connectivity index is 1.50. The van der Waals surface area contributed by atoms with Crippen molar-refractivity contribution in [2.24, 2.45) is 0 Å². The molecule has 0 radical (unpaired) electrons. The fourth-order valence-electron chi connectivity index (χ4n) is 3.52. The number of carbonyl (C=O) groups excluding carboxylic acids is 2. The largest absolute Gasteiger partial charge is 0.357 e. The number of benzene rings is 2. The monoisotopic (exact) mass is 389 g/mol. The summed E-state index contributed by atoms with van der Waals surface area (Å²) in [7, 11) is 1.56. The molecule has 7 nitrogen and oxygen atoms in total. The van der Waals surface area contributed by atoms with E-state index in [2.05, 4.69) is 20.9 Å². The highest BCUT2D eigenvalue weighted by Gasteiger charge is 2.51. The van der Waals surface area contributed by atoms with Gasteiger partial charge in [0, 0.05) is 13.5 Å². The third kappa shape index (κ3) is 3.89. The Morgan fingerprint density at radius 1 is 1.07 bits per heavy atom. The molecule has 148 valence electrons. The van der Waals surface area contributed by atoms with Crippen LogP contribution in [-0.4, -0.2) is 39.9 Å². The van der Waals surface area contributed by atoms with Gasteiger partial charge in [-0.3, -0.25) is 9.59 Å². The van der Waals surface area contributed by atoms with E-state index in [4.69, 9.17) is 0 Å². The summed E-state index contributed by atoms with van der Waals surface area (Å²) in [5.74, 6) is -0.371. The average molecular weight is 389 g/mol. The fraction of sp³-hybridized carbons (Fsp3) is 0.273. The van der Waals surface area contributed by atoms with Gasteiger partial charge in [0.25, 0.3) is 0 Å². The number of carbonyl (C=O) groups is 2. The minimum Gasteiger partial charge on any atom is -0.357 e. The summed E-state index contributed by atoms with van der Waals surface area (Å²) in [6.07, 6.45) is 3.62. The Bertz CT molecular complexity index is 996. The summed E-state index contributed by atoms with van der Waals surface area (Å²) in [6, 6.07) is 18.6. The average Bonchev–Trinajstić information content (AvgIpc) is 3.46. The van der Waals surface area contributed by atoms with Gasteiger partial charge in [0.15, 0.2) is 0 Å². The van der Waals surface area contributed by atoms with Gasteiger partial charge in [0.2, 0.25) is 11.8 Å². The molecule has 2 N–H and O–H groups in total. The molecule has 1 aliphatic carbocycles. The van der Waals surface area contributed by atoms with Crippen molar-refractivity contribution in [3.05, 3.63) is 78.1 Å². The normalized spacial score (nSPS) is 15.3. The summed E-state index contributed by atoms with van der Waals surface area (Å²) in [4.78, 5) is 25.5. The standard InChI is InChI=1S/C22H23N5O2/c1-23-20(28)19(14-17-15-27(26-25-17)18-10-6-3-7-11-18)24-21(29)22(12-13-22)16-8-4-2-5-9-16/h2-11,15,19H,12-14H2,1H3,(H,23,28)(H,24,29). The number of rotatable bonds is 7. The number of likely N-dealkylation sites (N-methyl/N-ethyl adjacent to an activating group) is 1. The first kappa shape index (κ1) is 18.9. The molecule has 1 unspecified atom stereocenters. The molecule has 1 aliphatic rings. The Kier molecular flexibility index (Phi) is 5.12. The maximum absolute atomic E-state index is 13.0. The molecule has 1 saturated carbocycles. The van der Waals surface area contributed by atoms with Gasteiger partial charge in [0.05, 0.1) is 23.0 Å². The summed E-state index contributed by atoms with van der Waals surface area (Å²) >= 11 is 0. The first-order chi connectivity index (χ1) is 14.1. The summed E-state index contributed by atoms with van der Waals surface area (Å²) in [5.41, 5.74) is 1.97. The lowest BCUT2D eigenvalue weighted by atomic mass is 9.94. The van der Waals surface area contributed by atoms with Gasteiger partial charge in [-0.15, -0.1) is 5.10 Å². The smallest absolute Gasteiger partial charge is 0.242 e. The highest BCUT2D eigenvalue weighted by molar-refractivity contribution is 5.95. The van der Waals surface area contributed by atoms with Gasteiger partial charge in [0.1, 0.15) is 6.04 Å². The second-order valence-electron chi connectivity index (χ2n) is 7.28. The van der Waals surface area contributed by atoms with Crippen LogP contribution in [0.1, 0.15) is 24.1 Å². The highest BCUT2D eigenvalue weighted by Crippen LogP contribution is 2.48. The zero-order valence-corrected chi connectivity index (χ0v) is 16.2. The number of nitrogens with one attached hydrogen (secondary N) is 2. The van der Waals surface area contributed by atoms with E-state index in [0.29, 0.717) is 5.69 Å². The van der Waals surface area contributed by atoms with E-state index >= 15 is 0 Å². The van der Waals surface area contributed by atoms with Crippen molar-refractivity contribution in [2.75, 3.05) is 7.05 Å². The van der Waals surface area contributed by atoms with Gasteiger partial charge in [-0.2, -0.15) is 0 Å². The molecule has 2 amide bonds. The second-order valence-corrected chi connectivity index (χ2v) is 7.28. The summed E-state index contributed by atoms with van der Waals surface area (Å²) in [5, 5.41) is 13.9. The van der Waals surface area contributed by atoms with Crippen LogP contribution in [0.4, 0.5) is 0 Å². The molecule has 0 bridgehead atoms. The molecule has 1 fully saturated rings. The Hall–Kier alpha value is -3.48. The van der Waals surface area contributed by atoms with Crippen LogP contribution in [-0.2, 0) is 21.4 Å². The molecule has 4 rings (SSSR count). The van der Waals surface area contributed by atoms with Crippen molar-refractivity contribution in [2.45, 2.75) is 30.7 Å². The van der Waals surface area contributed by atoms with Crippen LogP contribution in [0.5, 0.6) is 0 Å². The molecule has 0 saturated heterocycles. The first-order valence-electron chi connectivity index (χ1n) is 9.67. The van der Waals surface area contributed by atoms with Crippen LogP contribution < -0.4 is 10.6 Å². The van der Waals surface area contributed by atoms with Gasteiger partial charge in [-0.1, -0.05) is 53.7 Å². The molecule has 1 atom stereocenters. The van der Waals surface area contributed by atoms with Gasteiger partial charge in [-0.05, 0) is 30.5 Å². The maximum atomic E-state index is 13.0. The van der Waals surface area contributed by atoms with Crippen LogP contribution in [0.25, 0.3) is 5.69 Å². The molecule has 1 aromatic heterocycles. The zero-order valence-electron chi connectivity index (χ0n) is 16.2. The SMILES string of the molecule is CNC(=O)C(Cc1cn(-c2ccccc2)nn1)NC(=O)C1(c2ccccc2)CC1. The van der Waals surface area contributed by atoms with Crippen LogP contribution in [0, 0.1) is 0 Å². The molecule has 0 spiro atoms. The van der Waals surface area contributed by atoms with Crippen LogP contribution >= 0.6 is 0 Å². The maximum Gasteiger partial charge on any atom is 0.242 e. The Labute approximate surface area is 169 Å². The zero-order chi connectivity index (χ0) is 20.3. The lowest BCUT2D eigenvalue weighted by molar-refractivity contribution is -0.130. The third-order valence-electron chi connectivity index (χ3n) is 5.35. The van der Waals surface area contributed by atoms with Crippen LogP contribution in [0.2, 0.25) is 0 Å². The quantitative estimate of drug-likeness (QED) is 0.645. The van der Waals surface area contributed by atoms with E-state index in [-0.39, 0.29) is 18.2 Å². The molecule has 0 aliphatic heterocycles. The molecule has 7 heteroatoms. The van der Waals surface area contributed by atoms with E-state index in [1.165, 1.54) is 0 Å². The number of para-hydroxylation sites is 1. The molecular formula is C22H23N5O2. The van der Waals surface area contributed by atoms with Gasteiger partial charge < -0.3 is 10.6 Å². The Morgan fingerprint density at radius 3 is 2.34 bits per heavy atom. The molecular weight excluding hydrogens is 366 g/mol. The second kappa shape index (κ2) is 7.87. The van der Waals surface area contributed by atoms with E-state index < -0.39 is 11.5 Å². The third-order valence-corrected chi connectivity index (χ3v) is 5.35. The summed E-state index contributed by atoms with van der Waals surface area (Å²) < 4.78 is 1.66. The van der Waals surface area contributed by atoms with Crippen molar-refractivity contribution < 1.29 is 9.59 Å². The van der Waals surface area contributed by atoms with Crippen molar-refractivity contribution in [1.29, 1.82) is 0 Å². The van der Waals surface area contributed by atoms with E-state index in [9.17, 15) is 9.59 Å². The molecule has 3 aromatic rings. The fourth-order valence-corrected chi connectivity index (χ4v) is 3.52. The van der Waals surface area contributed by atoms with Crippen LogP contribution in [0.3, 0.4) is 0 Å². The van der Waals surface area contributed by atoms with Crippen molar-refractivity contribution >= 4 is 11.8 Å². The number of hydrogen-bond donors (Lipinski definition) is 2. The predicted octanol–water partition coefficient (Wildman–Crippen LogP) is 1.77. The van der Waals surface area contributed by atoms with Gasteiger partial charge >= 0.3 is 0 Å². The lowest BCUT2D eigenvalue weighted by Gasteiger charge is -2.21. The minimum atomic E-state index is -0.713. The minimum absolute atomic E-state index is 0.118. The van der Waals surface area contributed by atoms with Crippen molar-refractivity contribution in [3.8, 4) is 5.69 Å². The van der Waals surface area contributed by atoms with Crippen LogP contribution in [0.15, 0.2) is 66.9 Å². The topological polar surface area (TPSA) is 88.9 Å². The number of nitrogens with zero attached hydrogens (tertiary/aromatic N) is 3. The first-order valence-corrected chi connectivity index (χ1v) is 9.67. The number of amides is 2. The molecule has 2 aromatic carbocycles. The highest BCUT2D eigenvalue weighted by atomic mass is 16.2.